The molecule has 96 valence electrons. The first-order valence-corrected chi connectivity index (χ1v) is 6.45. The predicted octanol–water partition coefficient (Wildman–Crippen LogP) is 0.683. The molecule has 7 heteroatoms. The Morgan fingerprint density at radius 1 is 1.24 bits per heavy atom. The van der Waals surface area contributed by atoms with Crippen LogP contribution in [0.25, 0.3) is 0 Å². The summed E-state index contributed by atoms with van der Waals surface area (Å²) in [5.41, 5.74) is 7.21. The maximum Gasteiger partial charge on any atom is 0.282 e. The number of benzene rings is 1. The Hall–Kier alpha value is -0.820. The molecule has 1 aromatic carbocycles. The molecular formula is C10H16ClN3O2S. The minimum Gasteiger partial charge on any atom is -0.399 e. The second-order valence-electron chi connectivity index (χ2n) is 3.90. The van der Waals surface area contributed by atoms with Gasteiger partial charge in [0.05, 0.1) is 0 Å². The first-order valence-electron chi connectivity index (χ1n) is 5.06. The molecule has 0 atom stereocenters. The fourth-order valence-corrected chi connectivity index (χ4v) is 3.00. The summed E-state index contributed by atoms with van der Waals surface area (Å²) in [4.78, 5) is 0. The van der Waals surface area contributed by atoms with Gasteiger partial charge in [-0.2, -0.15) is 17.0 Å². The zero-order valence-corrected chi connectivity index (χ0v) is 11.2. The zero-order chi connectivity index (χ0) is 11.8. The molecular weight excluding hydrogens is 262 g/mol. The lowest BCUT2D eigenvalue weighted by atomic mass is 10.2. The molecule has 0 bridgehead atoms. The summed E-state index contributed by atoms with van der Waals surface area (Å²) in [5, 5.41) is 0. The SMILES string of the molecule is CN1CCN(Cc2ccc(N)cc2)S1(=O)=O.Cl. The molecule has 1 heterocycles. The highest BCUT2D eigenvalue weighted by atomic mass is 35.5. The number of nitrogens with two attached hydrogens (primary N) is 1. The summed E-state index contributed by atoms with van der Waals surface area (Å²) < 4.78 is 26.4. The number of nitrogen functional groups attached to an aromatic ring is 1. The van der Waals surface area contributed by atoms with Crippen LogP contribution in [-0.4, -0.2) is 37.2 Å². The van der Waals surface area contributed by atoms with Gasteiger partial charge in [0.1, 0.15) is 0 Å². The van der Waals surface area contributed by atoms with Crippen LogP contribution in [0.5, 0.6) is 0 Å². The topological polar surface area (TPSA) is 66.6 Å². The Balaban J connectivity index is 0.00000144. The summed E-state index contributed by atoms with van der Waals surface area (Å²) >= 11 is 0. The summed E-state index contributed by atoms with van der Waals surface area (Å²) in [6.45, 7) is 1.51. The van der Waals surface area contributed by atoms with Crippen molar-refractivity contribution < 1.29 is 8.42 Å². The quantitative estimate of drug-likeness (QED) is 0.809. The van der Waals surface area contributed by atoms with Crippen LogP contribution in [0.2, 0.25) is 0 Å². The molecule has 0 aliphatic carbocycles. The van der Waals surface area contributed by atoms with Gasteiger partial charge in [-0.05, 0) is 17.7 Å². The third-order valence-corrected chi connectivity index (χ3v) is 4.66. The molecule has 0 aromatic heterocycles. The second-order valence-corrected chi connectivity index (χ2v) is 5.94. The minimum atomic E-state index is -3.24. The van der Waals surface area contributed by atoms with Crippen molar-refractivity contribution in [2.75, 3.05) is 25.9 Å². The fourth-order valence-electron chi connectivity index (χ4n) is 1.67. The van der Waals surface area contributed by atoms with Gasteiger partial charge in [-0.3, -0.25) is 0 Å². The van der Waals surface area contributed by atoms with E-state index in [4.69, 9.17) is 5.73 Å². The van der Waals surface area contributed by atoms with Crippen LogP contribution in [0.4, 0.5) is 5.69 Å². The van der Waals surface area contributed by atoms with Crippen molar-refractivity contribution in [1.82, 2.24) is 8.61 Å². The van der Waals surface area contributed by atoms with Gasteiger partial charge in [-0.1, -0.05) is 12.1 Å². The standard InChI is InChI=1S/C10H15N3O2S.ClH/c1-12-6-7-13(16(12,14)15)8-9-2-4-10(11)5-3-9;/h2-5H,6-8,11H2,1H3;1H. The molecule has 1 aromatic rings. The van der Waals surface area contributed by atoms with Crippen molar-refractivity contribution in [1.29, 1.82) is 0 Å². The van der Waals surface area contributed by atoms with Gasteiger partial charge in [-0.15, -0.1) is 12.4 Å². The van der Waals surface area contributed by atoms with Crippen molar-refractivity contribution in [3.8, 4) is 0 Å². The normalized spacial score (nSPS) is 20.1. The maximum atomic E-state index is 11.8. The van der Waals surface area contributed by atoms with Gasteiger partial charge < -0.3 is 5.73 Å². The van der Waals surface area contributed by atoms with Crippen molar-refractivity contribution in [3.05, 3.63) is 29.8 Å². The van der Waals surface area contributed by atoms with Gasteiger partial charge in [0.2, 0.25) is 0 Å². The Bertz CT molecular complexity index is 475. The fraction of sp³-hybridized carbons (Fsp3) is 0.400. The third-order valence-electron chi connectivity index (χ3n) is 2.72. The molecule has 0 radical (unpaired) electrons. The van der Waals surface area contributed by atoms with Crippen molar-refractivity contribution >= 4 is 28.3 Å². The van der Waals surface area contributed by atoms with Crippen LogP contribution in [0.15, 0.2) is 24.3 Å². The van der Waals surface area contributed by atoms with Crippen molar-refractivity contribution in [2.24, 2.45) is 0 Å². The maximum absolute atomic E-state index is 11.8. The van der Waals surface area contributed by atoms with Crippen LogP contribution in [0, 0.1) is 0 Å². The third kappa shape index (κ3) is 2.90. The highest BCUT2D eigenvalue weighted by Crippen LogP contribution is 2.18. The van der Waals surface area contributed by atoms with Crippen molar-refractivity contribution in [3.63, 3.8) is 0 Å². The number of hydrogen-bond donors (Lipinski definition) is 1. The Labute approximate surface area is 108 Å². The van der Waals surface area contributed by atoms with Crippen LogP contribution in [0.3, 0.4) is 0 Å². The molecule has 1 aliphatic rings. The van der Waals surface area contributed by atoms with Crippen LogP contribution < -0.4 is 5.73 Å². The Morgan fingerprint density at radius 2 is 1.82 bits per heavy atom. The largest absolute Gasteiger partial charge is 0.399 e. The lowest BCUT2D eigenvalue weighted by Gasteiger charge is -2.15. The predicted molar refractivity (Wildman–Crippen MR) is 70.1 cm³/mol. The number of likely N-dealkylation sites (N-methyl/N-ethyl adjacent to an activating group) is 1. The summed E-state index contributed by atoms with van der Waals surface area (Å²) in [6.07, 6.45) is 0. The van der Waals surface area contributed by atoms with Crippen LogP contribution >= 0.6 is 12.4 Å². The minimum absolute atomic E-state index is 0. The highest BCUT2D eigenvalue weighted by Gasteiger charge is 2.33. The molecule has 2 rings (SSSR count). The van der Waals surface area contributed by atoms with Gasteiger partial charge in [0.25, 0.3) is 10.2 Å². The van der Waals surface area contributed by atoms with Gasteiger partial charge in [0.15, 0.2) is 0 Å². The average molecular weight is 278 g/mol. The first kappa shape index (κ1) is 14.2. The first-order chi connectivity index (χ1) is 7.50. The monoisotopic (exact) mass is 277 g/mol. The molecule has 1 saturated heterocycles. The van der Waals surface area contributed by atoms with Crippen LogP contribution in [-0.2, 0) is 16.8 Å². The molecule has 1 aliphatic heterocycles. The summed E-state index contributed by atoms with van der Waals surface area (Å²) in [6, 6.07) is 7.26. The molecule has 5 nitrogen and oxygen atoms in total. The number of rotatable bonds is 2. The Morgan fingerprint density at radius 3 is 2.29 bits per heavy atom. The van der Waals surface area contributed by atoms with E-state index in [1.54, 1.807) is 19.2 Å². The van der Waals surface area contributed by atoms with E-state index in [0.717, 1.165) is 5.56 Å². The highest BCUT2D eigenvalue weighted by molar-refractivity contribution is 7.86. The van der Waals surface area contributed by atoms with E-state index >= 15 is 0 Å². The smallest absolute Gasteiger partial charge is 0.282 e. The lowest BCUT2D eigenvalue weighted by molar-refractivity contribution is 0.445. The zero-order valence-electron chi connectivity index (χ0n) is 9.54. The van der Waals surface area contributed by atoms with E-state index in [9.17, 15) is 8.42 Å². The van der Waals surface area contributed by atoms with Gasteiger partial charge >= 0.3 is 0 Å². The van der Waals surface area contributed by atoms with E-state index in [1.807, 2.05) is 12.1 Å². The number of nitrogens with zero attached hydrogens (tertiary/aromatic N) is 2. The van der Waals surface area contributed by atoms with E-state index < -0.39 is 10.2 Å². The average Bonchev–Trinajstić information content (AvgIpc) is 2.48. The molecule has 0 spiro atoms. The summed E-state index contributed by atoms with van der Waals surface area (Å²) in [5.74, 6) is 0. The van der Waals surface area contributed by atoms with Crippen LogP contribution in [0.1, 0.15) is 5.56 Å². The molecule has 17 heavy (non-hydrogen) atoms. The van der Waals surface area contributed by atoms with E-state index in [1.165, 1.54) is 8.61 Å². The number of anilines is 1. The van der Waals surface area contributed by atoms with E-state index in [-0.39, 0.29) is 12.4 Å². The lowest BCUT2D eigenvalue weighted by Crippen LogP contribution is -2.30. The summed E-state index contributed by atoms with van der Waals surface area (Å²) in [7, 11) is -1.64. The van der Waals surface area contributed by atoms with Gasteiger partial charge in [0, 0.05) is 32.4 Å². The molecule has 0 unspecified atom stereocenters. The molecule has 1 fully saturated rings. The van der Waals surface area contributed by atoms with E-state index in [0.29, 0.717) is 25.3 Å². The van der Waals surface area contributed by atoms with E-state index in [2.05, 4.69) is 0 Å². The number of hydrogen-bond acceptors (Lipinski definition) is 3. The number of halogens is 1. The van der Waals surface area contributed by atoms with Gasteiger partial charge in [-0.25, -0.2) is 0 Å². The molecule has 2 N–H and O–H groups in total. The Kier molecular flexibility index (Phi) is 4.37. The molecule has 0 amide bonds. The second kappa shape index (κ2) is 5.22. The van der Waals surface area contributed by atoms with Crippen molar-refractivity contribution in [2.45, 2.75) is 6.54 Å². The molecule has 0 saturated carbocycles.